The molecule has 0 spiro atoms. The Labute approximate surface area is 150 Å². The zero-order valence-electron chi connectivity index (χ0n) is 14.5. The highest BCUT2D eigenvalue weighted by Crippen LogP contribution is 2.09. The molecule has 0 aliphatic rings. The van der Waals surface area contributed by atoms with Crippen LogP contribution >= 0.6 is 0 Å². The van der Waals surface area contributed by atoms with E-state index in [1.165, 1.54) is 10.7 Å². The maximum atomic E-state index is 13.7. The molecule has 134 valence electrons. The van der Waals surface area contributed by atoms with Crippen molar-refractivity contribution in [1.82, 2.24) is 15.1 Å². The summed E-state index contributed by atoms with van der Waals surface area (Å²) in [6.45, 7) is 2.18. The molecule has 1 atom stereocenters. The molecule has 1 amide bonds. The number of nitrogens with one attached hydrogen (secondary N) is 1. The van der Waals surface area contributed by atoms with Gasteiger partial charge in [-0.1, -0.05) is 43.3 Å². The van der Waals surface area contributed by atoms with E-state index in [1.54, 1.807) is 30.5 Å². The minimum Gasteiger partial charge on any atom is -0.351 e. The number of hydrogen-bond acceptors (Lipinski definition) is 3. The van der Waals surface area contributed by atoms with Gasteiger partial charge in [0.2, 0.25) is 5.91 Å². The van der Waals surface area contributed by atoms with Crippen LogP contribution in [0.1, 0.15) is 18.9 Å². The van der Waals surface area contributed by atoms with Gasteiger partial charge in [-0.3, -0.25) is 9.59 Å². The lowest BCUT2D eigenvalue weighted by molar-refractivity contribution is -0.121. The van der Waals surface area contributed by atoms with Crippen LogP contribution in [0.5, 0.6) is 0 Å². The second-order valence-corrected chi connectivity index (χ2v) is 6.16. The summed E-state index contributed by atoms with van der Waals surface area (Å²) < 4.78 is 15.0. The van der Waals surface area contributed by atoms with Crippen molar-refractivity contribution in [3.63, 3.8) is 0 Å². The number of fused-ring (bicyclic) bond motifs is 1. The Morgan fingerprint density at radius 1 is 1.19 bits per heavy atom. The van der Waals surface area contributed by atoms with Gasteiger partial charge >= 0.3 is 0 Å². The molecule has 0 saturated heterocycles. The summed E-state index contributed by atoms with van der Waals surface area (Å²) in [7, 11) is 0. The molecule has 26 heavy (non-hydrogen) atoms. The summed E-state index contributed by atoms with van der Waals surface area (Å²) in [6, 6.07) is 13.2. The number of rotatable bonds is 6. The zero-order chi connectivity index (χ0) is 18.5. The van der Waals surface area contributed by atoms with E-state index in [9.17, 15) is 14.0 Å². The molecular weight excluding hydrogens is 333 g/mol. The molecule has 0 aliphatic carbocycles. The largest absolute Gasteiger partial charge is 0.351 e. The maximum absolute atomic E-state index is 13.7. The fourth-order valence-electron chi connectivity index (χ4n) is 2.84. The smallest absolute Gasteiger partial charge is 0.274 e. The molecule has 3 aromatic rings. The van der Waals surface area contributed by atoms with Gasteiger partial charge in [0, 0.05) is 11.4 Å². The number of hydrogen-bond donors (Lipinski definition) is 1. The number of carbonyl (C=O) groups is 1. The Balaban J connectivity index is 1.72. The predicted molar refractivity (Wildman–Crippen MR) is 98.3 cm³/mol. The van der Waals surface area contributed by atoms with Crippen LogP contribution in [0.25, 0.3) is 10.8 Å². The first kappa shape index (κ1) is 17.8. The second-order valence-electron chi connectivity index (χ2n) is 6.16. The van der Waals surface area contributed by atoms with Gasteiger partial charge in [-0.15, -0.1) is 0 Å². The Kier molecular flexibility index (Phi) is 5.41. The van der Waals surface area contributed by atoms with Crippen molar-refractivity contribution in [2.45, 2.75) is 32.4 Å². The monoisotopic (exact) mass is 353 g/mol. The van der Waals surface area contributed by atoms with E-state index < -0.39 is 5.82 Å². The zero-order valence-corrected chi connectivity index (χ0v) is 14.5. The number of nitrogens with zero attached hydrogens (tertiary/aromatic N) is 2. The van der Waals surface area contributed by atoms with Crippen LogP contribution in [0.4, 0.5) is 4.39 Å². The molecule has 0 saturated carbocycles. The summed E-state index contributed by atoms with van der Waals surface area (Å²) in [5, 5.41) is 8.43. The first-order chi connectivity index (χ1) is 12.6. The van der Waals surface area contributed by atoms with Gasteiger partial charge in [-0.2, -0.15) is 5.10 Å². The highest BCUT2D eigenvalue weighted by molar-refractivity contribution is 5.80. The standard InChI is InChI=1S/C20H20FN3O2/c1-2-16(23-19(25)11-14-7-4-6-10-18(14)21)13-24-20(26)17-9-5-3-8-15(17)12-22-24/h3-10,12,16H,2,11,13H2,1H3,(H,23,25)/t16-/m1/s1. The fraction of sp³-hybridized carbons (Fsp3) is 0.250. The molecule has 0 aliphatic heterocycles. The summed E-state index contributed by atoms with van der Waals surface area (Å²) >= 11 is 0. The van der Waals surface area contributed by atoms with Crippen LogP contribution in [0.2, 0.25) is 0 Å². The molecule has 5 nitrogen and oxygen atoms in total. The molecule has 3 rings (SSSR count). The Morgan fingerprint density at radius 3 is 2.69 bits per heavy atom. The predicted octanol–water partition coefficient (Wildman–Crippen LogP) is 2.67. The highest BCUT2D eigenvalue weighted by atomic mass is 19.1. The van der Waals surface area contributed by atoms with Crippen LogP contribution < -0.4 is 10.9 Å². The van der Waals surface area contributed by atoms with E-state index >= 15 is 0 Å². The summed E-state index contributed by atoms with van der Waals surface area (Å²) in [6.07, 6.45) is 2.23. The van der Waals surface area contributed by atoms with Gasteiger partial charge in [0.25, 0.3) is 5.56 Å². The van der Waals surface area contributed by atoms with Gasteiger partial charge in [-0.05, 0) is 24.1 Å². The van der Waals surface area contributed by atoms with E-state index in [0.717, 1.165) is 5.39 Å². The lowest BCUT2D eigenvalue weighted by Crippen LogP contribution is -2.41. The molecular formula is C20H20FN3O2. The average Bonchev–Trinajstić information content (AvgIpc) is 2.65. The first-order valence-corrected chi connectivity index (χ1v) is 8.56. The van der Waals surface area contributed by atoms with Crippen molar-refractivity contribution in [3.8, 4) is 0 Å². The van der Waals surface area contributed by atoms with Crippen molar-refractivity contribution in [2.24, 2.45) is 0 Å². The molecule has 0 unspecified atom stereocenters. The minimum absolute atomic E-state index is 0.0385. The van der Waals surface area contributed by atoms with Crippen molar-refractivity contribution >= 4 is 16.7 Å². The van der Waals surface area contributed by atoms with Gasteiger partial charge in [0.15, 0.2) is 0 Å². The number of amides is 1. The number of aromatic nitrogens is 2. The summed E-state index contributed by atoms with van der Waals surface area (Å²) in [5.41, 5.74) is 0.158. The van der Waals surface area contributed by atoms with Crippen LogP contribution in [0.3, 0.4) is 0 Å². The van der Waals surface area contributed by atoms with Gasteiger partial charge in [0.1, 0.15) is 5.82 Å². The maximum Gasteiger partial charge on any atom is 0.274 e. The van der Waals surface area contributed by atoms with Crippen molar-refractivity contribution in [1.29, 1.82) is 0 Å². The molecule has 0 bridgehead atoms. The normalized spacial score (nSPS) is 12.1. The number of carbonyl (C=O) groups excluding carboxylic acids is 1. The lowest BCUT2D eigenvalue weighted by Gasteiger charge is -2.18. The van der Waals surface area contributed by atoms with Crippen molar-refractivity contribution < 1.29 is 9.18 Å². The van der Waals surface area contributed by atoms with E-state index in [4.69, 9.17) is 0 Å². The number of benzene rings is 2. The average molecular weight is 353 g/mol. The van der Waals surface area contributed by atoms with Crippen molar-refractivity contribution in [2.75, 3.05) is 0 Å². The first-order valence-electron chi connectivity index (χ1n) is 8.56. The topological polar surface area (TPSA) is 64.0 Å². The lowest BCUT2D eigenvalue weighted by atomic mass is 10.1. The summed E-state index contributed by atoms with van der Waals surface area (Å²) in [4.78, 5) is 24.8. The highest BCUT2D eigenvalue weighted by Gasteiger charge is 2.15. The third-order valence-corrected chi connectivity index (χ3v) is 4.32. The molecule has 1 aromatic heterocycles. The molecule has 1 heterocycles. The van der Waals surface area contributed by atoms with Crippen LogP contribution in [-0.2, 0) is 17.8 Å². The molecule has 0 fully saturated rings. The Hall–Kier alpha value is -3.02. The van der Waals surface area contributed by atoms with Crippen molar-refractivity contribution in [3.05, 3.63) is 76.5 Å². The quantitative estimate of drug-likeness (QED) is 0.741. The number of halogens is 1. The van der Waals surface area contributed by atoms with Gasteiger partial charge < -0.3 is 5.32 Å². The Morgan fingerprint density at radius 2 is 1.92 bits per heavy atom. The van der Waals surface area contributed by atoms with Gasteiger partial charge in [0.05, 0.1) is 24.5 Å². The SMILES string of the molecule is CC[C@H](Cn1ncc2ccccc2c1=O)NC(=O)Cc1ccccc1F. The molecule has 6 heteroatoms. The third-order valence-electron chi connectivity index (χ3n) is 4.32. The van der Waals surface area contributed by atoms with E-state index in [0.29, 0.717) is 17.4 Å². The third kappa shape index (κ3) is 3.96. The van der Waals surface area contributed by atoms with E-state index in [1.807, 2.05) is 25.1 Å². The van der Waals surface area contributed by atoms with Crippen LogP contribution in [-0.4, -0.2) is 21.7 Å². The molecule has 2 aromatic carbocycles. The van der Waals surface area contributed by atoms with E-state index in [-0.39, 0.29) is 30.5 Å². The van der Waals surface area contributed by atoms with Gasteiger partial charge in [-0.25, -0.2) is 9.07 Å². The van der Waals surface area contributed by atoms with Crippen LogP contribution in [0.15, 0.2) is 59.5 Å². The second kappa shape index (κ2) is 7.91. The minimum atomic E-state index is -0.400. The fourth-order valence-corrected chi connectivity index (χ4v) is 2.84. The van der Waals surface area contributed by atoms with Crippen LogP contribution in [0, 0.1) is 5.82 Å². The summed E-state index contributed by atoms with van der Waals surface area (Å²) in [5.74, 6) is -0.682. The molecule has 0 radical (unpaired) electrons. The molecule has 1 N–H and O–H groups in total. The Bertz CT molecular complexity index is 984. The van der Waals surface area contributed by atoms with E-state index in [2.05, 4.69) is 10.4 Å².